The van der Waals surface area contributed by atoms with Gasteiger partial charge in [0.1, 0.15) is 5.75 Å². The van der Waals surface area contributed by atoms with Crippen molar-refractivity contribution >= 4 is 5.91 Å². The maximum Gasteiger partial charge on any atom is 0.264 e. The number of piperidine rings is 1. The summed E-state index contributed by atoms with van der Waals surface area (Å²) in [6.07, 6.45) is 7.32. The fourth-order valence-electron chi connectivity index (χ4n) is 3.61. The Morgan fingerprint density at radius 1 is 1.26 bits per heavy atom. The summed E-state index contributed by atoms with van der Waals surface area (Å²) < 4.78 is 7.81. The van der Waals surface area contributed by atoms with Gasteiger partial charge in [-0.15, -0.1) is 0 Å². The molecule has 2 aromatic rings. The van der Waals surface area contributed by atoms with E-state index in [0.29, 0.717) is 6.42 Å². The van der Waals surface area contributed by atoms with Gasteiger partial charge in [0, 0.05) is 25.4 Å². The highest BCUT2D eigenvalue weighted by atomic mass is 16.5. The zero-order valence-electron chi connectivity index (χ0n) is 13.1. The van der Waals surface area contributed by atoms with Crippen LogP contribution in [-0.4, -0.2) is 39.3 Å². The van der Waals surface area contributed by atoms with Crippen molar-refractivity contribution in [3.63, 3.8) is 0 Å². The van der Waals surface area contributed by atoms with Crippen LogP contribution in [0.15, 0.2) is 42.7 Å². The van der Waals surface area contributed by atoms with Crippen LogP contribution in [0.3, 0.4) is 0 Å². The maximum atomic E-state index is 13.0. The normalized spacial score (nSPS) is 23.4. The summed E-state index contributed by atoms with van der Waals surface area (Å²) >= 11 is 0. The number of likely N-dealkylation sites (tertiary alicyclic amines) is 1. The van der Waals surface area contributed by atoms with Crippen molar-refractivity contribution in [2.24, 2.45) is 0 Å². The Hall–Kier alpha value is -2.30. The molecule has 1 aromatic carbocycles. The molecule has 5 nitrogen and oxygen atoms in total. The Morgan fingerprint density at radius 3 is 3.00 bits per heavy atom. The second-order valence-electron chi connectivity index (χ2n) is 6.33. The van der Waals surface area contributed by atoms with Gasteiger partial charge in [-0.3, -0.25) is 9.48 Å². The Kier molecular flexibility index (Phi) is 3.77. The molecule has 0 aliphatic carbocycles. The molecule has 0 saturated carbocycles. The standard InChI is InChI=1S/C18H21N3O2/c22-18(17-12-14-6-1-2-8-16(14)23-17)21-11-4-3-7-15(21)13-20-10-5-9-19-20/h1-2,5-6,8-10,15,17H,3-4,7,11-13H2. The van der Waals surface area contributed by atoms with Gasteiger partial charge < -0.3 is 9.64 Å². The van der Waals surface area contributed by atoms with Crippen LogP contribution in [-0.2, 0) is 17.8 Å². The zero-order valence-corrected chi connectivity index (χ0v) is 13.1. The monoisotopic (exact) mass is 311 g/mol. The molecule has 2 atom stereocenters. The van der Waals surface area contributed by atoms with Crippen LogP contribution in [0.4, 0.5) is 0 Å². The summed E-state index contributed by atoms with van der Waals surface area (Å²) in [6, 6.07) is 10.1. The Labute approximate surface area is 135 Å². The predicted molar refractivity (Wildman–Crippen MR) is 86.1 cm³/mol. The van der Waals surface area contributed by atoms with E-state index in [4.69, 9.17) is 4.74 Å². The lowest BCUT2D eigenvalue weighted by atomic mass is 10.0. The molecule has 0 radical (unpaired) electrons. The number of ether oxygens (including phenoxy) is 1. The van der Waals surface area contributed by atoms with E-state index in [1.807, 2.05) is 46.1 Å². The number of rotatable bonds is 3. The highest BCUT2D eigenvalue weighted by Gasteiger charge is 2.36. The van der Waals surface area contributed by atoms with Crippen molar-refractivity contribution in [1.29, 1.82) is 0 Å². The van der Waals surface area contributed by atoms with Crippen LogP contribution < -0.4 is 4.74 Å². The van der Waals surface area contributed by atoms with Gasteiger partial charge in [-0.2, -0.15) is 5.10 Å². The van der Waals surface area contributed by atoms with Gasteiger partial charge in [0.2, 0.25) is 0 Å². The summed E-state index contributed by atoms with van der Waals surface area (Å²) in [5.41, 5.74) is 1.13. The first kappa shape index (κ1) is 14.3. The summed E-state index contributed by atoms with van der Waals surface area (Å²) in [7, 11) is 0. The lowest BCUT2D eigenvalue weighted by Crippen LogP contribution is -2.50. The van der Waals surface area contributed by atoms with Gasteiger partial charge >= 0.3 is 0 Å². The first-order valence-electron chi connectivity index (χ1n) is 8.34. The number of hydrogen-bond acceptors (Lipinski definition) is 3. The van der Waals surface area contributed by atoms with E-state index in [1.165, 1.54) is 6.42 Å². The third-order valence-corrected chi connectivity index (χ3v) is 4.79. The molecule has 23 heavy (non-hydrogen) atoms. The summed E-state index contributed by atoms with van der Waals surface area (Å²) in [6.45, 7) is 1.58. The molecule has 2 unspecified atom stereocenters. The predicted octanol–water partition coefficient (Wildman–Crippen LogP) is 2.27. The average Bonchev–Trinajstić information content (AvgIpc) is 3.23. The van der Waals surface area contributed by atoms with Crippen LogP contribution in [0.25, 0.3) is 0 Å². The van der Waals surface area contributed by atoms with Crippen molar-refractivity contribution < 1.29 is 9.53 Å². The van der Waals surface area contributed by atoms with Gasteiger partial charge in [0.05, 0.1) is 12.6 Å². The summed E-state index contributed by atoms with van der Waals surface area (Å²) in [5, 5.41) is 4.28. The van der Waals surface area contributed by atoms with Crippen molar-refractivity contribution in [2.45, 2.75) is 44.4 Å². The van der Waals surface area contributed by atoms with Crippen LogP contribution in [0.2, 0.25) is 0 Å². The number of carbonyl (C=O) groups excluding carboxylic acids is 1. The number of amides is 1. The lowest BCUT2D eigenvalue weighted by Gasteiger charge is -2.37. The molecule has 0 spiro atoms. The highest BCUT2D eigenvalue weighted by Crippen LogP contribution is 2.30. The minimum absolute atomic E-state index is 0.123. The van der Waals surface area contributed by atoms with E-state index in [-0.39, 0.29) is 18.1 Å². The van der Waals surface area contributed by atoms with E-state index in [0.717, 1.165) is 37.2 Å². The first-order valence-corrected chi connectivity index (χ1v) is 8.34. The number of aromatic nitrogens is 2. The van der Waals surface area contributed by atoms with Crippen LogP contribution in [0.1, 0.15) is 24.8 Å². The van der Waals surface area contributed by atoms with Gasteiger partial charge in [0.15, 0.2) is 6.10 Å². The van der Waals surface area contributed by atoms with Gasteiger partial charge in [-0.25, -0.2) is 0 Å². The quantitative estimate of drug-likeness (QED) is 0.873. The van der Waals surface area contributed by atoms with Crippen LogP contribution >= 0.6 is 0 Å². The molecule has 4 rings (SSSR count). The molecule has 0 N–H and O–H groups in total. The van der Waals surface area contributed by atoms with E-state index < -0.39 is 0 Å². The van der Waals surface area contributed by atoms with E-state index >= 15 is 0 Å². The zero-order chi connectivity index (χ0) is 15.6. The Bertz CT molecular complexity index is 658. The number of fused-ring (bicyclic) bond motifs is 1. The van der Waals surface area contributed by atoms with E-state index in [1.54, 1.807) is 6.20 Å². The summed E-state index contributed by atoms with van der Waals surface area (Å²) in [5.74, 6) is 0.976. The van der Waals surface area contributed by atoms with Gasteiger partial charge in [-0.1, -0.05) is 18.2 Å². The number of para-hydroxylation sites is 1. The average molecular weight is 311 g/mol. The minimum Gasteiger partial charge on any atom is -0.480 e. The van der Waals surface area contributed by atoms with Crippen molar-refractivity contribution in [2.75, 3.05) is 6.54 Å². The van der Waals surface area contributed by atoms with Crippen molar-refractivity contribution in [3.05, 3.63) is 48.3 Å². The maximum absolute atomic E-state index is 13.0. The van der Waals surface area contributed by atoms with Crippen LogP contribution in [0.5, 0.6) is 5.75 Å². The third kappa shape index (κ3) is 2.83. The minimum atomic E-state index is -0.370. The molecule has 1 fully saturated rings. The Balaban J connectivity index is 1.48. The molecule has 3 heterocycles. The lowest BCUT2D eigenvalue weighted by molar-refractivity contribution is -0.142. The van der Waals surface area contributed by atoms with E-state index in [2.05, 4.69) is 5.10 Å². The molecule has 120 valence electrons. The number of hydrogen-bond donors (Lipinski definition) is 0. The Morgan fingerprint density at radius 2 is 2.17 bits per heavy atom. The van der Waals surface area contributed by atoms with Gasteiger partial charge in [0.25, 0.3) is 5.91 Å². The molecule has 2 aliphatic heterocycles. The first-order chi connectivity index (χ1) is 11.3. The van der Waals surface area contributed by atoms with E-state index in [9.17, 15) is 4.79 Å². The molecule has 2 aliphatic rings. The molecule has 5 heteroatoms. The van der Waals surface area contributed by atoms with Gasteiger partial charge in [-0.05, 0) is 37.0 Å². The highest BCUT2D eigenvalue weighted by molar-refractivity contribution is 5.83. The number of carbonyl (C=O) groups is 1. The smallest absolute Gasteiger partial charge is 0.264 e. The molecule has 0 bridgehead atoms. The third-order valence-electron chi connectivity index (χ3n) is 4.79. The molecule has 1 saturated heterocycles. The fraction of sp³-hybridized carbons (Fsp3) is 0.444. The number of benzene rings is 1. The second-order valence-corrected chi connectivity index (χ2v) is 6.33. The molecular formula is C18H21N3O2. The van der Waals surface area contributed by atoms with Crippen molar-refractivity contribution in [1.82, 2.24) is 14.7 Å². The number of nitrogens with zero attached hydrogens (tertiary/aromatic N) is 3. The summed E-state index contributed by atoms with van der Waals surface area (Å²) in [4.78, 5) is 15.0. The fourth-order valence-corrected chi connectivity index (χ4v) is 3.61. The SMILES string of the molecule is O=C(C1Cc2ccccc2O1)N1CCCCC1Cn1cccn1. The largest absolute Gasteiger partial charge is 0.480 e. The molecule has 1 amide bonds. The topological polar surface area (TPSA) is 47.4 Å². The second kappa shape index (κ2) is 6.07. The molecular weight excluding hydrogens is 290 g/mol. The van der Waals surface area contributed by atoms with Crippen LogP contribution in [0, 0.1) is 0 Å². The molecule has 1 aromatic heterocycles. The van der Waals surface area contributed by atoms with Crippen molar-refractivity contribution in [3.8, 4) is 5.75 Å².